The van der Waals surface area contributed by atoms with E-state index in [2.05, 4.69) is 51.5 Å². The van der Waals surface area contributed by atoms with Gasteiger partial charge in [0.15, 0.2) is 0 Å². The smallest absolute Gasteiger partial charge is 0.475 e. The highest BCUT2D eigenvalue weighted by atomic mass is 19.4. The molecule has 2 aromatic heterocycles. The number of fused-ring (bicyclic) bond motifs is 3. The molecular weight excluding hydrogens is 524 g/mol. The van der Waals surface area contributed by atoms with E-state index in [4.69, 9.17) is 24.8 Å². The van der Waals surface area contributed by atoms with Gasteiger partial charge in [-0.15, -0.1) is 0 Å². The van der Waals surface area contributed by atoms with E-state index in [1.54, 1.807) is 6.20 Å². The van der Waals surface area contributed by atoms with Crippen LogP contribution in [-0.2, 0) is 29.2 Å². The molecule has 0 radical (unpaired) electrons. The molecule has 204 valence electrons. The van der Waals surface area contributed by atoms with Crippen LogP contribution in [0.1, 0.15) is 16.7 Å². The summed E-state index contributed by atoms with van der Waals surface area (Å²) in [5.74, 6) is -4.86. The first kappa shape index (κ1) is 30.0. The number of benzene rings is 1. The zero-order chi connectivity index (χ0) is 28.5. The van der Waals surface area contributed by atoms with Crippen LogP contribution in [0.15, 0.2) is 55.0 Å². The third-order valence-electron chi connectivity index (χ3n) is 4.68. The monoisotopic (exact) mass is 545 g/mol. The molecule has 1 aliphatic rings. The number of halogens is 6. The summed E-state index contributed by atoms with van der Waals surface area (Å²) in [4.78, 5) is 33.5. The number of anilines is 1. The molecule has 3 heterocycles. The van der Waals surface area contributed by atoms with E-state index in [1.165, 1.54) is 11.1 Å². The maximum Gasteiger partial charge on any atom is 0.490 e. The number of aliphatic carboxylic acids is 2. The number of hydrogen-bond acceptors (Lipinski definition) is 7. The minimum Gasteiger partial charge on any atom is -0.475 e. The number of hydrogen-bond donors (Lipinski definition) is 3. The van der Waals surface area contributed by atoms with Crippen molar-refractivity contribution in [1.82, 2.24) is 19.9 Å². The number of nitrogens with one attached hydrogen (secondary N) is 1. The molecule has 9 nitrogen and oxygen atoms in total. The number of nitrogens with zero attached hydrogens (tertiary/aromatic N) is 4. The summed E-state index contributed by atoms with van der Waals surface area (Å²) in [5.41, 5.74) is 5.79. The molecule has 0 saturated heterocycles. The Bertz CT molecular complexity index is 1210. The molecule has 0 saturated carbocycles. The number of pyridine rings is 1. The van der Waals surface area contributed by atoms with Gasteiger partial charge in [-0.2, -0.15) is 26.3 Å². The Hall–Kier alpha value is -4.27. The Balaban J connectivity index is 0.000000301. The normalized spacial score (nSPS) is 12.8. The Morgan fingerprint density at radius 1 is 0.921 bits per heavy atom. The van der Waals surface area contributed by atoms with Crippen LogP contribution in [0.3, 0.4) is 0 Å². The zero-order valence-corrected chi connectivity index (χ0v) is 19.6. The Kier molecular flexibility index (Phi) is 10.1. The van der Waals surface area contributed by atoms with Gasteiger partial charge in [0.2, 0.25) is 5.95 Å². The first-order valence-corrected chi connectivity index (χ1v) is 10.5. The van der Waals surface area contributed by atoms with E-state index < -0.39 is 24.3 Å². The van der Waals surface area contributed by atoms with Crippen LogP contribution in [0.2, 0.25) is 0 Å². The van der Waals surface area contributed by atoms with Gasteiger partial charge in [0.05, 0.1) is 5.69 Å². The van der Waals surface area contributed by atoms with Gasteiger partial charge in [0.25, 0.3) is 0 Å². The maximum absolute atomic E-state index is 10.6. The molecule has 1 aliphatic heterocycles. The van der Waals surface area contributed by atoms with E-state index in [0.29, 0.717) is 12.5 Å². The molecule has 0 aliphatic carbocycles. The van der Waals surface area contributed by atoms with Crippen molar-refractivity contribution in [3.05, 3.63) is 71.7 Å². The summed E-state index contributed by atoms with van der Waals surface area (Å²) in [6.07, 6.45) is -4.61. The van der Waals surface area contributed by atoms with E-state index >= 15 is 0 Å². The van der Waals surface area contributed by atoms with Gasteiger partial charge < -0.3 is 15.5 Å². The van der Waals surface area contributed by atoms with Crippen molar-refractivity contribution < 1.29 is 46.1 Å². The number of aromatic nitrogens is 3. The van der Waals surface area contributed by atoms with Gasteiger partial charge >= 0.3 is 24.3 Å². The van der Waals surface area contributed by atoms with Crippen LogP contribution in [0.4, 0.5) is 32.3 Å². The largest absolute Gasteiger partial charge is 0.490 e. The second kappa shape index (κ2) is 12.8. The summed E-state index contributed by atoms with van der Waals surface area (Å²) < 4.78 is 63.5. The number of carbonyl (C=O) groups is 2. The van der Waals surface area contributed by atoms with Crippen LogP contribution in [0.5, 0.6) is 0 Å². The maximum atomic E-state index is 10.6. The molecule has 0 atom stereocenters. The van der Waals surface area contributed by atoms with Crippen molar-refractivity contribution in [3.63, 3.8) is 0 Å². The number of carboxylic acid groups (broad SMARTS) is 2. The van der Waals surface area contributed by atoms with E-state index in [-0.39, 0.29) is 0 Å². The van der Waals surface area contributed by atoms with Crippen LogP contribution < -0.4 is 5.32 Å². The molecule has 0 bridgehead atoms. The van der Waals surface area contributed by atoms with Gasteiger partial charge in [-0.25, -0.2) is 19.6 Å². The standard InChI is InChI=1S/C19H19N5.2C2HF3O2/c1-24-12-15-6-2-3-7-17(15)18-16(13-24)11-22-19(23-18)21-10-14-5-4-8-20-9-14;2*3-2(4,5)1(6)7/h2-9,11H,10,12-13H2,1H3,(H,21,22,23);2*(H,6,7). The average Bonchev–Trinajstić information content (AvgIpc) is 2.98. The second-order valence-electron chi connectivity index (χ2n) is 7.72. The lowest BCUT2D eigenvalue weighted by Crippen LogP contribution is -2.21. The Morgan fingerprint density at radius 2 is 1.50 bits per heavy atom. The quantitative estimate of drug-likeness (QED) is 0.411. The van der Waals surface area contributed by atoms with Crippen molar-refractivity contribution in [2.75, 3.05) is 12.4 Å². The highest BCUT2D eigenvalue weighted by Gasteiger charge is 2.38. The van der Waals surface area contributed by atoms with Crippen molar-refractivity contribution in [3.8, 4) is 11.3 Å². The molecule has 3 N–H and O–H groups in total. The summed E-state index contributed by atoms with van der Waals surface area (Å²) in [6.45, 7) is 2.44. The summed E-state index contributed by atoms with van der Waals surface area (Å²) in [7, 11) is 2.13. The summed E-state index contributed by atoms with van der Waals surface area (Å²) in [5, 5.41) is 17.5. The lowest BCUT2D eigenvalue weighted by molar-refractivity contribution is -0.193. The molecule has 38 heavy (non-hydrogen) atoms. The molecule has 4 rings (SSSR count). The molecular formula is C23H21F6N5O4. The third kappa shape index (κ3) is 9.31. The lowest BCUT2D eigenvalue weighted by Gasteiger charge is -2.13. The fourth-order valence-electron chi connectivity index (χ4n) is 3.05. The van der Waals surface area contributed by atoms with Crippen molar-refractivity contribution >= 4 is 17.9 Å². The highest BCUT2D eigenvalue weighted by molar-refractivity contribution is 5.73. The first-order valence-electron chi connectivity index (χ1n) is 10.5. The second-order valence-corrected chi connectivity index (χ2v) is 7.72. The zero-order valence-electron chi connectivity index (χ0n) is 19.6. The Labute approximate surface area is 211 Å². The fraction of sp³-hybridized carbons (Fsp3) is 0.261. The lowest BCUT2D eigenvalue weighted by atomic mass is 10.0. The van der Waals surface area contributed by atoms with Gasteiger partial charge in [-0.1, -0.05) is 30.3 Å². The summed E-state index contributed by atoms with van der Waals surface area (Å²) >= 11 is 0. The molecule has 0 spiro atoms. The number of alkyl halides is 6. The highest BCUT2D eigenvalue weighted by Crippen LogP contribution is 2.30. The molecule has 3 aromatic rings. The van der Waals surface area contributed by atoms with Crippen LogP contribution >= 0.6 is 0 Å². The van der Waals surface area contributed by atoms with Crippen LogP contribution in [0.25, 0.3) is 11.3 Å². The first-order chi connectivity index (χ1) is 17.7. The van der Waals surface area contributed by atoms with Crippen molar-refractivity contribution in [2.24, 2.45) is 0 Å². The molecule has 15 heteroatoms. The summed E-state index contributed by atoms with van der Waals surface area (Å²) in [6, 6.07) is 12.4. The van der Waals surface area contributed by atoms with E-state index in [0.717, 1.165) is 29.9 Å². The topological polar surface area (TPSA) is 129 Å². The number of rotatable bonds is 3. The molecule has 0 unspecified atom stereocenters. The Morgan fingerprint density at radius 3 is 2.05 bits per heavy atom. The van der Waals surface area contributed by atoms with E-state index in [1.807, 2.05) is 24.5 Å². The van der Waals surface area contributed by atoms with Gasteiger partial charge in [0.1, 0.15) is 0 Å². The van der Waals surface area contributed by atoms with E-state index in [9.17, 15) is 26.3 Å². The number of carboxylic acids is 2. The van der Waals surface area contributed by atoms with Crippen LogP contribution in [0, 0.1) is 0 Å². The van der Waals surface area contributed by atoms with Crippen LogP contribution in [-0.4, -0.2) is 61.4 Å². The predicted octanol–water partition coefficient (Wildman–Crippen LogP) is 4.36. The van der Waals surface area contributed by atoms with Crippen molar-refractivity contribution in [1.29, 1.82) is 0 Å². The molecule has 0 amide bonds. The van der Waals surface area contributed by atoms with Gasteiger partial charge in [-0.05, 0) is 24.2 Å². The van der Waals surface area contributed by atoms with Gasteiger partial charge in [-0.3, -0.25) is 9.88 Å². The predicted molar refractivity (Wildman–Crippen MR) is 122 cm³/mol. The van der Waals surface area contributed by atoms with Crippen molar-refractivity contribution in [2.45, 2.75) is 32.0 Å². The minimum absolute atomic E-state index is 0.650. The van der Waals surface area contributed by atoms with Gasteiger partial charge in [0, 0.05) is 49.4 Å². The minimum atomic E-state index is -5.08. The molecule has 1 aromatic carbocycles. The fourth-order valence-corrected chi connectivity index (χ4v) is 3.05. The molecule has 0 fully saturated rings. The average molecular weight is 545 g/mol. The SMILES string of the molecule is CN1Cc2ccccc2-c2nc(NCc3cccnc3)ncc2C1.O=C(O)C(F)(F)F.O=C(O)C(F)(F)F. The third-order valence-corrected chi connectivity index (χ3v) is 4.68.